The van der Waals surface area contributed by atoms with Gasteiger partial charge in [-0.1, -0.05) is 62.4 Å². The fraction of sp³-hybridized carbons (Fsp3) is 0.737. The van der Waals surface area contributed by atoms with Crippen molar-refractivity contribution in [1.29, 1.82) is 0 Å². The number of hydrogen-bond donors (Lipinski definition) is 7. The van der Waals surface area contributed by atoms with Gasteiger partial charge in [-0.25, -0.2) is 0 Å². The fourth-order valence-electron chi connectivity index (χ4n) is 7.37. The Balaban J connectivity index is 1.54. The lowest BCUT2D eigenvalue weighted by atomic mass is 9.82. The van der Waals surface area contributed by atoms with Gasteiger partial charge in [-0.2, -0.15) is 26.2 Å². The monoisotopic (exact) mass is 860 g/mol. The van der Waals surface area contributed by atoms with Crippen molar-refractivity contribution in [2.45, 2.75) is 94.4 Å². The predicted molar refractivity (Wildman–Crippen MR) is 218 cm³/mol. The summed E-state index contributed by atoms with van der Waals surface area (Å²) < 4.78 is 72.9. The number of benzene rings is 1. The van der Waals surface area contributed by atoms with Crippen molar-refractivity contribution in [3.8, 4) is 0 Å². The number of nitrogens with one attached hydrogen (secondary N) is 6. The normalized spacial score (nSPS) is 19.6. The van der Waals surface area contributed by atoms with E-state index in [0.717, 1.165) is 19.3 Å². The van der Waals surface area contributed by atoms with E-state index in [-0.39, 0.29) is 58.0 Å². The van der Waals surface area contributed by atoms with Gasteiger partial charge in [-0.15, -0.1) is 0 Å². The molecule has 1 aliphatic carbocycles. The van der Waals surface area contributed by atoms with Crippen LogP contribution in [0.15, 0.2) is 30.3 Å². The lowest BCUT2D eigenvalue weighted by Crippen LogP contribution is -2.61. The van der Waals surface area contributed by atoms with E-state index in [1.165, 1.54) is 4.31 Å². The summed E-state index contributed by atoms with van der Waals surface area (Å²) in [6, 6.07) is 4.57. The average Bonchev–Trinajstić information content (AvgIpc) is 3.23. The minimum atomic E-state index is -4.26. The number of aliphatic hydroxyl groups excluding tert-OH is 1. The van der Waals surface area contributed by atoms with Crippen molar-refractivity contribution in [2.24, 2.45) is 5.92 Å². The van der Waals surface area contributed by atoms with Gasteiger partial charge in [0, 0.05) is 52.9 Å². The first-order chi connectivity index (χ1) is 27.8. The lowest BCUT2D eigenvalue weighted by molar-refractivity contribution is -0.168. The van der Waals surface area contributed by atoms with Gasteiger partial charge in [0.05, 0.1) is 32.5 Å². The molecule has 2 aliphatic heterocycles. The summed E-state index contributed by atoms with van der Waals surface area (Å²) >= 11 is 5.14. The lowest BCUT2D eigenvalue weighted by Gasteiger charge is -2.34. The molecule has 16 nitrogen and oxygen atoms in total. The Kier molecular flexibility index (Phi) is 19.9. The van der Waals surface area contributed by atoms with E-state index < -0.39 is 58.1 Å². The van der Waals surface area contributed by atoms with E-state index >= 15 is 8.78 Å². The Hall–Kier alpha value is -3.11. The maximum Gasteiger partial charge on any atom is 0.351 e. The van der Waals surface area contributed by atoms with Gasteiger partial charge in [0.15, 0.2) is 5.11 Å². The highest BCUT2D eigenvalue weighted by Crippen LogP contribution is 2.31. The van der Waals surface area contributed by atoms with E-state index in [1.54, 1.807) is 37.4 Å². The number of carbonyl (C=O) groups is 3. The highest BCUT2D eigenvalue weighted by molar-refractivity contribution is 7.87. The Morgan fingerprint density at radius 2 is 1.53 bits per heavy atom. The second kappa shape index (κ2) is 24.2. The second-order valence-electron chi connectivity index (χ2n) is 15.1. The maximum atomic E-state index is 15.8. The van der Waals surface area contributed by atoms with Crippen LogP contribution in [0.1, 0.15) is 63.4 Å². The summed E-state index contributed by atoms with van der Waals surface area (Å²) in [6.45, 7) is 3.48. The number of carbonyl (C=O) groups excluding carboxylic acids is 3. The summed E-state index contributed by atoms with van der Waals surface area (Å²) in [7, 11) is -2.50. The quantitative estimate of drug-likeness (QED) is 0.0627. The predicted octanol–water partition coefficient (Wildman–Crippen LogP) is 0.413. The van der Waals surface area contributed by atoms with Crippen LogP contribution in [0.4, 0.5) is 8.78 Å². The van der Waals surface area contributed by atoms with E-state index in [9.17, 15) is 27.9 Å². The zero-order valence-electron chi connectivity index (χ0n) is 33.4. The highest BCUT2D eigenvalue weighted by Gasteiger charge is 2.51. The number of hydrogen-bond acceptors (Lipinski definition) is 10. The minimum absolute atomic E-state index is 0.00835. The molecule has 4 atom stereocenters. The minimum Gasteiger partial charge on any atom is -0.384 e. The number of alkyl halides is 2. The number of amides is 3. The van der Waals surface area contributed by atoms with Crippen molar-refractivity contribution < 1.29 is 46.2 Å². The molecule has 7 N–H and O–H groups in total. The first-order valence-corrected chi connectivity index (χ1v) is 22.2. The van der Waals surface area contributed by atoms with E-state index in [1.807, 2.05) is 4.90 Å². The molecule has 0 spiro atoms. The van der Waals surface area contributed by atoms with Crippen LogP contribution in [0.25, 0.3) is 0 Å². The Labute approximate surface area is 346 Å². The molecule has 0 aromatic heterocycles. The van der Waals surface area contributed by atoms with E-state index in [4.69, 9.17) is 21.7 Å². The summed E-state index contributed by atoms with van der Waals surface area (Å²) in [6.07, 6.45) is 2.44. The zero-order valence-corrected chi connectivity index (χ0v) is 35.0. The van der Waals surface area contributed by atoms with Gasteiger partial charge < -0.3 is 41.2 Å². The molecule has 1 aromatic rings. The molecule has 0 bridgehead atoms. The second-order valence-corrected chi connectivity index (χ2v) is 17.2. The fourth-order valence-corrected chi connectivity index (χ4v) is 8.80. The molecular weight excluding hydrogens is 799 g/mol. The molecule has 3 aliphatic rings. The van der Waals surface area contributed by atoms with Gasteiger partial charge in [0.2, 0.25) is 11.8 Å². The van der Waals surface area contributed by atoms with Crippen molar-refractivity contribution in [3.05, 3.63) is 35.9 Å². The van der Waals surface area contributed by atoms with Gasteiger partial charge in [0.25, 0.3) is 16.1 Å². The van der Waals surface area contributed by atoms with Crippen LogP contribution in [0.3, 0.4) is 0 Å². The van der Waals surface area contributed by atoms with Crippen molar-refractivity contribution in [3.63, 3.8) is 0 Å². The number of nitrogens with zero attached hydrogens (tertiary/aromatic N) is 2. The van der Waals surface area contributed by atoms with Crippen LogP contribution in [-0.4, -0.2) is 155 Å². The Morgan fingerprint density at radius 1 is 0.897 bits per heavy atom. The third-order valence-electron chi connectivity index (χ3n) is 10.8. The highest BCUT2D eigenvalue weighted by atomic mass is 32.2. The summed E-state index contributed by atoms with van der Waals surface area (Å²) in [5, 5.41) is 25.1. The first kappa shape index (κ1) is 47.6. The number of morpholine rings is 2. The molecule has 2 heterocycles. The van der Waals surface area contributed by atoms with Crippen LogP contribution in [0.5, 0.6) is 0 Å². The number of aliphatic hydroxyl groups is 1. The molecule has 1 aromatic carbocycles. The Morgan fingerprint density at radius 3 is 2.19 bits per heavy atom. The molecule has 4 rings (SSSR count). The SMILES string of the molecule is CNC(=S)NCCCC[C@H](NC(=O)[C@H](Cc1ccccc1)NS(=O)(=O)N1CCOCC1)C(=O)N[C@@H](CC1CCCCC1)C(O)C(F)(F)C(=O)NCCN1CCOCC1. The van der Waals surface area contributed by atoms with Gasteiger partial charge in [-0.3, -0.25) is 19.3 Å². The van der Waals surface area contributed by atoms with Gasteiger partial charge >= 0.3 is 5.92 Å². The van der Waals surface area contributed by atoms with Gasteiger partial charge in [0.1, 0.15) is 18.2 Å². The molecule has 2 saturated heterocycles. The number of unbranched alkanes of at least 4 members (excludes halogenated alkanes) is 1. The summed E-state index contributed by atoms with van der Waals surface area (Å²) in [5.74, 6) is -7.64. The summed E-state index contributed by atoms with van der Waals surface area (Å²) in [4.78, 5) is 43.2. The zero-order chi connectivity index (χ0) is 42.0. The number of thiocarbonyl (C=S) groups is 1. The standard InChI is InChI=1S/C38H62F2N8O8S2/c1-41-37(57)43-15-9-8-14-30(44-35(51)32(27-29-12-6-3-7-13-29)46-58(53,54)48-20-24-56-25-21-48)34(50)45-31(26-28-10-4-2-5-11-28)33(49)38(39,40)36(52)42-16-17-47-18-22-55-23-19-47/h3,6-7,12-13,28,30-33,46,49H,2,4-5,8-11,14-27H2,1H3,(H,42,52)(H,44,51)(H,45,50)(H2,41,43,57)/t30-,31-,32-,33?/m0/s1. The average molecular weight is 861 g/mol. The molecule has 0 radical (unpaired) electrons. The van der Waals surface area contributed by atoms with Crippen LogP contribution in [-0.2, 0) is 40.5 Å². The summed E-state index contributed by atoms with van der Waals surface area (Å²) in [5.41, 5.74) is 0.654. The van der Waals surface area contributed by atoms with Crippen LogP contribution in [0, 0.1) is 5.92 Å². The van der Waals surface area contributed by atoms with Crippen LogP contribution in [0.2, 0.25) is 0 Å². The number of rotatable bonds is 22. The van der Waals surface area contributed by atoms with Crippen molar-refractivity contribution in [2.75, 3.05) is 79.3 Å². The van der Waals surface area contributed by atoms with Crippen molar-refractivity contribution >= 4 is 45.3 Å². The molecule has 328 valence electrons. The molecule has 1 unspecified atom stereocenters. The molecule has 58 heavy (non-hydrogen) atoms. The third kappa shape index (κ3) is 15.5. The van der Waals surface area contributed by atoms with E-state index in [2.05, 4.69) is 31.3 Å². The topological polar surface area (TPSA) is 203 Å². The number of ether oxygens (including phenoxy) is 2. The first-order valence-electron chi connectivity index (χ1n) is 20.4. The molecule has 20 heteroatoms. The largest absolute Gasteiger partial charge is 0.384 e. The smallest absolute Gasteiger partial charge is 0.351 e. The van der Waals surface area contributed by atoms with Crippen molar-refractivity contribution in [1.82, 2.24) is 40.5 Å². The van der Waals surface area contributed by atoms with Gasteiger partial charge in [-0.05, 0) is 55.8 Å². The number of halogens is 2. The maximum absolute atomic E-state index is 15.8. The third-order valence-corrected chi connectivity index (χ3v) is 12.8. The van der Waals surface area contributed by atoms with Crippen LogP contribution >= 0.6 is 12.2 Å². The van der Waals surface area contributed by atoms with E-state index in [0.29, 0.717) is 75.8 Å². The molecular formula is C38H62F2N8O8S2. The Bertz CT molecular complexity index is 1550. The molecule has 1 saturated carbocycles. The molecule has 3 amide bonds. The van der Waals surface area contributed by atoms with Crippen LogP contribution < -0.4 is 31.3 Å². The molecule has 3 fully saturated rings.